The molecule has 180 valence electrons. The van der Waals surface area contributed by atoms with Crippen molar-refractivity contribution in [3.05, 3.63) is 94.0 Å². The largest absolute Gasteiger partial charge is 0.497 e. The lowest BCUT2D eigenvalue weighted by Gasteiger charge is -2.12. The SMILES string of the molecule is COc1ccc(NC(=O)NC(=O)c2cc(-c3ccc([N+](=O)[O-])cc3)nc3ccc(C(C)=O)cc23)cc1. The fraction of sp³-hybridized carbons (Fsp3) is 0.0769. The molecule has 36 heavy (non-hydrogen) atoms. The average Bonchev–Trinajstić information content (AvgIpc) is 2.88. The predicted octanol–water partition coefficient (Wildman–Crippen LogP) is 4.98. The fourth-order valence-corrected chi connectivity index (χ4v) is 3.54. The number of ketones is 1. The number of carbonyl (C=O) groups excluding carboxylic acids is 3. The number of fused-ring (bicyclic) bond motifs is 1. The number of rotatable bonds is 6. The summed E-state index contributed by atoms with van der Waals surface area (Å²) in [5, 5.41) is 16.2. The molecule has 0 saturated carbocycles. The number of amides is 3. The molecule has 0 unspecified atom stereocenters. The van der Waals surface area contributed by atoms with E-state index in [1.807, 2.05) is 0 Å². The van der Waals surface area contributed by atoms with Crippen LogP contribution in [0.25, 0.3) is 22.2 Å². The molecule has 3 aromatic carbocycles. The van der Waals surface area contributed by atoms with Gasteiger partial charge in [0.1, 0.15) is 5.75 Å². The van der Waals surface area contributed by atoms with Crippen LogP contribution < -0.4 is 15.4 Å². The van der Waals surface area contributed by atoms with Gasteiger partial charge in [-0.15, -0.1) is 0 Å². The Bertz CT molecular complexity index is 1500. The summed E-state index contributed by atoms with van der Waals surface area (Å²) in [6, 6.07) is 17.7. The summed E-state index contributed by atoms with van der Waals surface area (Å²) >= 11 is 0. The first-order valence-corrected chi connectivity index (χ1v) is 10.7. The summed E-state index contributed by atoms with van der Waals surface area (Å²) in [7, 11) is 1.52. The van der Waals surface area contributed by atoms with E-state index in [4.69, 9.17) is 4.74 Å². The van der Waals surface area contributed by atoms with E-state index in [9.17, 15) is 24.5 Å². The molecule has 0 saturated heterocycles. The van der Waals surface area contributed by atoms with Crippen molar-refractivity contribution in [2.45, 2.75) is 6.92 Å². The summed E-state index contributed by atoms with van der Waals surface area (Å²) in [4.78, 5) is 52.6. The smallest absolute Gasteiger partial charge is 0.326 e. The highest BCUT2D eigenvalue weighted by atomic mass is 16.6. The minimum Gasteiger partial charge on any atom is -0.497 e. The lowest BCUT2D eigenvalue weighted by atomic mass is 10.0. The van der Waals surface area contributed by atoms with Crippen molar-refractivity contribution >= 4 is 40.0 Å². The van der Waals surface area contributed by atoms with Crippen LogP contribution in [0, 0.1) is 10.1 Å². The number of nitrogens with zero attached hydrogens (tertiary/aromatic N) is 2. The number of pyridine rings is 1. The topological polar surface area (TPSA) is 141 Å². The van der Waals surface area contributed by atoms with E-state index in [-0.39, 0.29) is 17.0 Å². The molecule has 0 radical (unpaired) electrons. The summed E-state index contributed by atoms with van der Waals surface area (Å²) in [6.45, 7) is 1.40. The molecule has 0 atom stereocenters. The number of hydrogen-bond donors (Lipinski definition) is 2. The van der Waals surface area contributed by atoms with Gasteiger partial charge >= 0.3 is 6.03 Å². The van der Waals surface area contributed by atoms with E-state index in [0.29, 0.717) is 39.2 Å². The van der Waals surface area contributed by atoms with Gasteiger partial charge in [-0.1, -0.05) is 0 Å². The number of urea groups is 1. The number of aromatic nitrogens is 1. The third-order valence-electron chi connectivity index (χ3n) is 5.41. The number of nitro benzene ring substituents is 1. The minimum atomic E-state index is -0.755. The van der Waals surface area contributed by atoms with Gasteiger partial charge in [0.05, 0.1) is 28.8 Å². The number of methoxy groups -OCH3 is 1. The summed E-state index contributed by atoms with van der Waals surface area (Å²) in [6.07, 6.45) is 0. The normalized spacial score (nSPS) is 10.5. The van der Waals surface area contributed by atoms with Gasteiger partial charge in [0.25, 0.3) is 11.6 Å². The maximum atomic E-state index is 13.2. The summed E-state index contributed by atoms with van der Waals surface area (Å²) in [5.41, 5.74) is 2.18. The van der Waals surface area contributed by atoms with Crippen LogP contribution in [0.15, 0.2) is 72.8 Å². The Morgan fingerprint density at radius 1 is 0.944 bits per heavy atom. The van der Waals surface area contributed by atoms with Gasteiger partial charge in [0.2, 0.25) is 0 Å². The number of carbonyl (C=O) groups is 3. The van der Waals surface area contributed by atoms with Crippen LogP contribution in [-0.4, -0.2) is 34.7 Å². The Kier molecular flexibility index (Phi) is 6.68. The monoisotopic (exact) mass is 484 g/mol. The number of benzene rings is 3. The zero-order valence-electron chi connectivity index (χ0n) is 19.3. The van der Waals surface area contributed by atoms with E-state index in [1.165, 1.54) is 44.4 Å². The minimum absolute atomic E-state index is 0.0844. The first-order chi connectivity index (χ1) is 17.2. The van der Waals surface area contributed by atoms with Gasteiger partial charge in [-0.3, -0.25) is 25.0 Å². The Morgan fingerprint density at radius 2 is 1.64 bits per heavy atom. The first kappa shape index (κ1) is 24.0. The van der Waals surface area contributed by atoms with Gasteiger partial charge in [0.15, 0.2) is 5.78 Å². The van der Waals surface area contributed by atoms with Crippen LogP contribution >= 0.6 is 0 Å². The quantitative estimate of drug-likeness (QED) is 0.223. The van der Waals surface area contributed by atoms with Crippen molar-refractivity contribution in [1.29, 1.82) is 0 Å². The van der Waals surface area contributed by atoms with Crippen LogP contribution in [0.4, 0.5) is 16.2 Å². The number of hydrogen-bond acceptors (Lipinski definition) is 7. The lowest BCUT2D eigenvalue weighted by molar-refractivity contribution is -0.384. The molecule has 2 N–H and O–H groups in total. The standard InChI is InChI=1S/C26H20N4O6/c1-15(31)17-5-12-23-21(13-17)22(14-24(28-23)16-3-8-19(9-4-16)30(34)35)25(32)29-26(33)27-18-6-10-20(36-2)11-7-18/h3-14H,1-2H3,(H2,27,29,32,33). The molecule has 4 rings (SSSR count). The van der Waals surface area contributed by atoms with Gasteiger partial charge in [-0.05, 0) is 67.6 Å². The molecule has 1 heterocycles. The third-order valence-corrected chi connectivity index (χ3v) is 5.41. The van der Waals surface area contributed by atoms with E-state index in [2.05, 4.69) is 15.6 Å². The number of nitrogens with one attached hydrogen (secondary N) is 2. The average molecular weight is 484 g/mol. The molecule has 0 spiro atoms. The van der Waals surface area contributed by atoms with Gasteiger partial charge in [-0.2, -0.15) is 0 Å². The van der Waals surface area contributed by atoms with E-state index in [0.717, 1.165) is 0 Å². The van der Waals surface area contributed by atoms with Crippen LogP contribution in [0.2, 0.25) is 0 Å². The first-order valence-electron chi connectivity index (χ1n) is 10.7. The molecule has 10 nitrogen and oxygen atoms in total. The highest BCUT2D eigenvalue weighted by molar-refractivity contribution is 6.15. The van der Waals surface area contributed by atoms with Crippen LogP contribution in [0.1, 0.15) is 27.6 Å². The van der Waals surface area contributed by atoms with Crippen molar-refractivity contribution in [1.82, 2.24) is 10.3 Å². The van der Waals surface area contributed by atoms with Crippen LogP contribution in [0.5, 0.6) is 5.75 Å². The highest BCUT2D eigenvalue weighted by Gasteiger charge is 2.18. The molecule has 0 aliphatic carbocycles. The van der Waals surface area contributed by atoms with E-state index >= 15 is 0 Å². The molecular formula is C26H20N4O6. The second-order valence-electron chi connectivity index (χ2n) is 7.78. The zero-order chi connectivity index (χ0) is 25.8. The van der Waals surface area contributed by atoms with Crippen molar-refractivity contribution in [3.8, 4) is 17.0 Å². The molecule has 3 amide bonds. The predicted molar refractivity (Wildman–Crippen MR) is 133 cm³/mol. The number of imide groups is 1. The Balaban J connectivity index is 1.70. The van der Waals surface area contributed by atoms with Crippen LogP contribution in [0.3, 0.4) is 0 Å². The van der Waals surface area contributed by atoms with E-state index in [1.54, 1.807) is 42.5 Å². The second kappa shape index (κ2) is 10.0. The zero-order valence-corrected chi connectivity index (χ0v) is 19.3. The van der Waals surface area contributed by atoms with Gasteiger partial charge < -0.3 is 10.1 Å². The van der Waals surface area contributed by atoms with Crippen molar-refractivity contribution in [2.24, 2.45) is 0 Å². The maximum Gasteiger partial charge on any atom is 0.326 e. The fourth-order valence-electron chi connectivity index (χ4n) is 3.54. The van der Waals surface area contributed by atoms with E-state index < -0.39 is 16.9 Å². The number of nitro groups is 1. The summed E-state index contributed by atoms with van der Waals surface area (Å²) in [5.74, 6) is -0.294. The van der Waals surface area contributed by atoms with Crippen LogP contribution in [-0.2, 0) is 0 Å². The van der Waals surface area contributed by atoms with Crippen molar-refractivity contribution in [2.75, 3.05) is 12.4 Å². The molecule has 0 aliphatic rings. The number of anilines is 1. The van der Waals surface area contributed by atoms with Crippen molar-refractivity contribution < 1.29 is 24.0 Å². The Labute approximate surface area is 205 Å². The Hall–Kier alpha value is -5.12. The summed E-state index contributed by atoms with van der Waals surface area (Å²) < 4.78 is 5.08. The molecule has 0 fully saturated rings. The molecular weight excluding hydrogens is 464 g/mol. The van der Waals surface area contributed by atoms with Gasteiger partial charge in [-0.25, -0.2) is 9.78 Å². The number of non-ortho nitro benzene ring substituents is 1. The molecule has 10 heteroatoms. The molecule has 1 aromatic heterocycles. The highest BCUT2D eigenvalue weighted by Crippen LogP contribution is 2.27. The third kappa shape index (κ3) is 5.17. The maximum absolute atomic E-state index is 13.2. The number of ether oxygens (including phenoxy) is 1. The van der Waals surface area contributed by atoms with Crippen molar-refractivity contribution in [3.63, 3.8) is 0 Å². The van der Waals surface area contributed by atoms with Gasteiger partial charge in [0, 0.05) is 34.3 Å². The second-order valence-corrected chi connectivity index (χ2v) is 7.78. The number of Topliss-reactive ketones (excluding diaryl/α,β-unsaturated/α-hetero) is 1. The molecule has 4 aromatic rings. The molecule has 0 aliphatic heterocycles. The molecule has 0 bridgehead atoms. The Morgan fingerprint density at radius 3 is 2.25 bits per heavy atom. The lowest BCUT2D eigenvalue weighted by Crippen LogP contribution is -2.34.